The quantitative estimate of drug-likeness (QED) is 0.718. The first-order valence-corrected chi connectivity index (χ1v) is 4.35. The van der Waals surface area contributed by atoms with E-state index in [9.17, 15) is 0 Å². The van der Waals surface area contributed by atoms with Crippen molar-refractivity contribution < 1.29 is 0 Å². The van der Waals surface area contributed by atoms with Crippen molar-refractivity contribution >= 4 is 11.3 Å². The van der Waals surface area contributed by atoms with E-state index < -0.39 is 0 Å². The maximum absolute atomic E-state index is 4.44. The van der Waals surface area contributed by atoms with Crippen LogP contribution in [0.2, 0.25) is 0 Å². The van der Waals surface area contributed by atoms with Crippen LogP contribution in [0, 0.1) is 13.8 Å². The summed E-state index contributed by atoms with van der Waals surface area (Å²) in [7, 11) is 1.91. The number of nitrogens with one attached hydrogen (secondary N) is 1. The van der Waals surface area contributed by atoms with Crippen molar-refractivity contribution in [3.63, 3.8) is 0 Å². The normalized spacial score (nSPS) is 10.7. The van der Waals surface area contributed by atoms with Gasteiger partial charge < -0.3 is 9.72 Å². The lowest BCUT2D eigenvalue weighted by Crippen LogP contribution is -1.91. The number of nitrogens with zero attached hydrogens (tertiary/aromatic N) is 2. The summed E-state index contributed by atoms with van der Waals surface area (Å²) in [6.45, 7) is 4.11. The molecule has 2 aromatic heterocycles. The first-order chi connectivity index (χ1) is 6.22. The second kappa shape index (κ2) is 2.76. The topological polar surface area (TPSA) is 29.3 Å². The van der Waals surface area contributed by atoms with Gasteiger partial charge in [-0.25, -0.2) is 4.98 Å². The lowest BCUT2D eigenvalue weighted by atomic mass is 10.4. The van der Waals surface area contributed by atoms with Gasteiger partial charge in [0.1, 0.15) is 5.65 Å². The highest BCUT2D eigenvalue weighted by atomic mass is 15.0. The third-order valence-electron chi connectivity index (χ3n) is 2.39. The van der Waals surface area contributed by atoms with Crippen molar-refractivity contribution in [2.24, 2.45) is 0 Å². The zero-order valence-electron chi connectivity index (χ0n) is 8.13. The number of fused-ring (bicyclic) bond motifs is 1. The van der Waals surface area contributed by atoms with Crippen LogP contribution >= 0.6 is 0 Å². The maximum Gasteiger partial charge on any atom is 0.139 e. The van der Waals surface area contributed by atoms with Crippen LogP contribution in [0.4, 0.5) is 5.69 Å². The Labute approximate surface area is 77.4 Å². The molecule has 0 aliphatic carbocycles. The second-order valence-electron chi connectivity index (χ2n) is 3.18. The van der Waals surface area contributed by atoms with Crippen LogP contribution in [0.3, 0.4) is 0 Å². The van der Waals surface area contributed by atoms with E-state index in [1.165, 1.54) is 5.69 Å². The second-order valence-corrected chi connectivity index (χ2v) is 3.18. The number of hydrogen-bond donors (Lipinski definition) is 1. The molecule has 0 atom stereocenters. The summed E-state index contributed by atoms with van der Waals surface area (Å²) >= 11 is 0. The van der Waals surface area contributed by atoms with Crippen LogP contribution in [-0.4, -0.2) is 16.4 Å². The third-order valence-corrected chi connectivity index (χ3v) is 2.39. The van der Waals surface area contributed by atoms with Gasteiger partial charge in [0.15, 0.2) is 0 Å². The predicted molar refractivity (Wildman–Crippen MR) is 54.2 cm³/mol. The molecular formula is C10H13N3. The van der Waals surface area contributed by atoms with E-state index in [2.05, 4.69) is 21.6 Å². The number of imidazole rings is 1. The molecule has 2 heterocycles. The van der Waals surface area contributed by atoms with E-state index in [1.54, 1.807) is 0 Å². The Morgan fingerprint density at radius 1 is 1.38 bits per heavy atom. The number of pyridine rings is 1. The van der Waals surface area contributed by atoms with E-state index >= 15 is 0 Å². The molecule has 2 rings (SSSR count). The molecule has 13 heavy (non-hydrogen) atoms. The minimum atomic E-state index is 1.00. The smallest absolute Gasteiger partial charge is 0.139 e. The van der Waals surface area contributed by atoms with Crippen molar-refractivity contribution in [1.82, 2.24) is 9.38 Å². The van der Waals surface area contributed by atoms with Gasteiger partial charge in [-0.2, -0.15) is 0 Å². The SMILES string of the molecule is CNc1ccn2c(C)c(C)nc2c1. The molecule has 0 bridgehead atoms. The molecule has 0 aromatic carbocycles. The fourth-order valence-electron chi connectivity index (χ4n) is 1.44. The van der Waals surface area contributed by atoms with E-state index in [0.717, 1.165) is 17.0 Å². The van der Waals surface area contributed by atoms with Gasteiger partial charge in [-0.3, -0.25) is 0 Å². The Balaban J connectivity index is 2.73. The number of rotatable bonds is 1. The Bertz CT molecular complexity index is 443. The average molecular weight is 175 g/mol. The Morgan fingerprint density at radius 3 is 2.85 bits per heavy atom. The van der Waals surface area contributed by atoms with Crippen molar-refractivity contribution in [3.8, 4) is 0 Å². The predicted octanol–water partition coefficient (Wildman–Crippen LogP) is 1.99. The summed E-state index contributed by atoms with van der Waals surface area (Å²) in [4.78, 5) is 4.44. The van der Waals surface area contributed by atoms with Crippen LogP contribution in [-0.2, 0) is 0 Å². The molecule has 0 aliphatic heterocycles. The summed E-state index contributed by atoms with van der Waals surface area (Å²) in [6, 6.07) is 4.08. The molecule has 0 radical (unpaired) electrons. The summed E-state index contributed by atoms with van der Waals surface area (Å²) < 4.78 is 2.09. The first-order valence-electron chi connectivity index (χ1n) is 4.35. The number of aryl methyl sites for hydroxylation is 2. The number of anilines is 1. The van der Waals surface area contributed by atoms with Gasteiger partial charge in [0.25, 0.3) is 0 Å². The van der Waals surface area contributed by atoms with Gasteiger partial charge in [-0.05, 0) is 19.9 Å². The van der Waals surface area contributed by atoms with Crippen molar-refractivity contribution in [3.05, 3.63) is 29.7 Å². The summed E-state index contributed by atoms with van der Waals surface area (Å²) in [5, 5.41) is 3.09. The highest BCUT2D eigenvalue weighted by Gasteiger charge is 2.03. The largest absolute Gasteiger partial charge is 0.388 e. The summed E-state index contributed by atoms with van der Waals surface area (Å²) in [5.74, 6) is 0. The van der Waals surface area contributed by atoms with Gasteiger partial charge >= 0.3 is 0 Å². The molecular weight excluding hydrogens is 162 g/mol. The van der Waals surface area contributed by atoms with Crippen LogP contribution in [0.15, 0.2) is 18.3 Å². The van der Waals surface area contributed by atoms with Crippen LogP contribution in [0.25, 0.3) is 5.65 Å². The van der Waals surface area contributed by atoms with Crippen LogP contribution < -0.4 is 5.32 Å². The van der Waals surface area contributed by atoms with Crippen molar-refractivity contribution in [2.45, 2.75) is 13.8 Å². The van der Waals surface area contributed by atoms with E-state index in [-0.39, 0.29) is 0 Å². The molecule has 68 valence electrons. The van der Waals surface area contributed by atoms with Gasteiger partial charge in [-0.1, -0.05) is 0 Å². The highest BCUT2D eigenvalue weighted by molar-refractivity contribution is 5.55. The van der Waals surface area contributed by atoms with Crippen molar-refractivity contribution in [1.29, 1.82) is 0 Å². The number of hydrogen-bond acceptors (Lipinski definition) is 2. The summed E-state index contributed by atoms with van der Waals surface area (Å²) in [6.07, 6.45) is 2.04. The third kappa shape index (κ3) is 1.16. The monoisotopic (exact) mass is 175 g/mol. The first kappa shape index (κ1) is 8.10. The molecule has 2 aromatic rings. The zero-order valence-corrected chi connectivity index (χ0v) is 8.13. The van der Waals surface area contributed by atoms with Crippen molar-refractivity contribution in [2.75, 3.05) is 12.4 Å². The molecule has 3 nitrogen and oxygen atoms in total. The Kier molecular flexibility index (Phi) is 1.72. The molecule has 0 aliphatic rings. The maximum atomic E-state index is 4.44. The lowest BCUT2D eigenvalue weighted by molar-refractivity contribution is 1.09. The Hall–Kier alpha value is -1.51. The lowest BCUT2D eigenvalue weighted by Gasteiger charge is -2.00. The minimum absolute atomic E-state index is 1.00. The molecule has 3 heteroatoms. The standard InChI is InChI=1S/C10H13N3/c1-7-8(2)13-5-4-9(11-3)6-10(13)12-7/h4-6,11H,1-3H3. The van der Waals surface area contributed by atoms with Crippen LogP contribution in [0.5, 0.6) is 0 Å². The van der Waals surface area contributed by atoms with Crippen LogP contribution in [0.1, 0.15) is 11.4 Å². The average Bonchev–Trinajstić information content (AvgIpc) is 2.42. The minimum Gasteiger partial charge on any atom is -0.388 e. The number of aromatic nitrogens is 2. The van der Waals surface area contributed by atoms with E-state index in [0.29, 0.717) is 0 Å². The molecule has 0 saturated carbocycles. The van der Waals surface area contributed by atoms with Gasteiger partial charge in [-0.15, -0.1) is 0 Å². The fourth-order valence-corrected chi connectivity index (χ4v) is 1.44. The zero-order chi connectivity index (χ0) is 9.42. The molecule has 0 unspecified atom stereocenters. The van der Waals surface area contributed by atoms with Gasteiger partial charge in [0, 0.05) is 30.7 Å². The van der Waals surface area contributed by atoms with E-state index in [4.69, 9.17) is 0 Å². The molecule has 0 fully saturated rings. The Morgan fingerprint density at radius 2 is 2.15 bits per heavy atom. The molecule has 0 spiro atoms. The summed E-state index contributed by atoms with van der Waals surface area (Å²) in [5.41, 5.74) is 4.39. The molecule has 1 N–H and O–H groups in total. The van der Waals surface area contributed by atoms with Gasteiger partial charge in [0.05, 0.1) is 5.69 Å². The highest BCUT2D eigenvalue weighted by Crippen LogP contribution is 2.14. The van der Waals surface area contributed by atoms with E-state index in [1.807, 2.05) is 32.3 Å². The fraction of sp³-hybridized carbons (Fsp3) is 0.300. The van der Waals surface area contributed by atoms with Gasteiger partial charge in [0.2, 0.25) is 0 Å². The molecule has 0 saturated heterocycles. The molecule has 0 amide bonds.